The van der Waals surface area contributed by atoms with Crippen LogP contribution in [0.25, 0.3) is 16.9 Å². The summed E-state index contributed by atoms with van der Waals surface area (Å²) in [5, 5.41) is 15.5. The van der Waals surface area contributed by atoms with Gasteiger partial charge in [0.05, 0.1) is 28.1 Å². The summed E-state index contributed by atoms with van der Waals surface area (Å²) in [7, 11) is 0. The molecule has 2 aromatic carbocycles. The molecule has 0 bridgehead atoms. The zero-order valence-corrected chi connectivity index (χ0v) is 11.0. The molecule has 0 fully saturated rings. The van der Waals surface area contributed by atoms with Gasteiger partial charge in [0.2, 0.25) is 0 Å². The number of benzene rings is 2. The van der Waals surface area contributed by atoms with Gasteiger partial charge < -0.3 is 5.73 Å². The van der Waals surface area contributed by atoms with E-state index in [2.05, 4.69) is 5.10 Å². The fraction of sp³-hybridized carbons (Fsp3) is 0. The van der Waals surface area contributed by atoms with E-state index in [1.165, 1.54) is 6.07 Å². The number of rotatable bonds is 3. The minimum absolute atomic E-state index is 0.0116. The molecule has 3 rings (SSSR count). The van der Waals surface area contributed by atoms with Crippen LogP contribution in [0.5, 0.6) is 0 Å². The monoisotopic (exact) mass is 280 g/mol. The molecule has 0 saturated heterocycles. The fourth-order valence-corrected chi connectivity index (χ4v) is 2.14. The minimum Gasteiger partial charge on any atom is -0.396 e. The summed E-state index contributed by atoms with van der Waals surface area (Å²) in [6.07, 6.45) is 1.65. The van der Waals surface area contributed by atoms with Crippen LogP contribution >= 0.6 is 0 Å². The van der Waals surface area contributed by atoms with Crippen molar-refractivity contribution in [2.24, 2.45) is 0 Å². The minimum atomic E-state index is -0.434. The predicted octanol–water partition coefficient (Wildman–Crippen LogP) is 3.03. The highest BCUT2D eigenvalue weighted by molar-refractivity contribution is 5.79. The van der Waals surface area contributed by atoms with Crippen molar-refractivity contribution in [1.82, 2.24) is 9.78 Å². The Labute approximate surface area is 120 Å². The lowest BCUT2D eigenvalue weighted by Gasteiger charge is -2.01. The van der Waals surface area contributed by atoms with E-state index >= 15 is 0 Å². The molecular formula is C15H12N4O2. The van der Waals surface area contributed by atoms with Crippen molar-refractivity contribution in [2.75, 3.05) is 5.73 Å². The SMILES string of the molecule is Nc1cn(-c2ccccc2)nc1-c1ccccc1[N+](=O)[O-]. The smallest absolute Gasteiger partial charge is 0.278 e. The van der Waals surface area contributed by atoms with Gasteiger partial charge in [-0.15, -0.1) is 0 Å². The number of anilines is 1. The van der Waals surface area contributed by atoms with Crippen molar-refractivity contribution in [3.8, 4) is 16.9 Å². The third-order valence-electron chi connectivity index (χ3n) is 3.12. The van der Waals surface area contributed by atoms with E-state index in [1.807, 2.05) is 30.3 Å². The summed E-state index contributed by atoms with van der Waals surface area (Å²) >= 11 is 0. The van der Waals surface area contributed by atoms with Gasteiger partial charge in [0.1, 0.15) is 5.69 Å². The van der Waals surface area contributed by atoms with Crippen LogP contribution in [0.15, 0.2) is 60.8 Å². The maximum absolute atomic E-state index is 11.1. The molecule has 0 unspecified atom stereocenters. The average Bonchev–Trinajstić information content (AvgIpc) is 2.90. The Hall–Kier alpha value is -3.15. The number of nitrogen functional groups attached to an aromatic ring is 1. The molecule has 0 atom stereocenters. The molecule has 0 aliphatic carbocycles. The quantitative estimate of drug-likeness (QED) is 0.590. The lowest BCUT2D eigenvalue weighted by molar-refractivity contribution is -0.384. The van der Waals surface area contributed by atoms with Crippen LogP contribution in [-0.4, -0.2) is 14.7 Å². The summed E-state index contributed by atoms with van der Waals surface area (Å²) in [6, 6.07) is 15.9. The van der Waals surface area contributed by atoms with Gasteiger partial charge in [-0.05, 0) is 18.2 Å². The van der Waals surface area contributed by atoms with Crippen LogP contribution in [0.3, 0.4) is 0 Å². The Morgan fingerprint density at radius 1 is 1.05 bits per heavy atom. The number of nitro groups is 1. The first-order valence-corrected chi connectivity index (χ1v) is 6.31. The summed E-state index contributed by atoms with van der Waals surface area (Å²) in [5.41, 5.74) is 8.02. The molecule has 0 aliphatic heterocycles. The number of para-hydroxylation sites is 2. The van der Waals surface area contributed by atoms with E-state index in [0.29, 0.717) is 16.9 Å². The van der Waals surface area contributed by atoms with Gasteiger partial charge >= 0.3 is 0 Å². The maximum atomic E-state index is 11.1. The third-order valence-corrected chi connectivity index (χ3v) is 3.12. The summed E-state index contributed by atoms with van der Waals surface area (Å²) < 4.78 is 1.61. The van der Waals surface area contributed by atoms with Crippen LogP contribution in [0.2, 0.25) is 0 Å². The highest BCUT2D eigenvalue weighted by atomic mass is 16.6. The number of nitrogens with two attached hydrogens (primary N) is 1. The van der Waals surface area contributed by atoms with Gasteiger partial charge in [-0.3, -0.25) is 10.1 Å². The number of nitrogens with zero attached hydrogens (tertiary/aromatic N) is 3. The molecule has 0 amide bonds. The van der Waals surface area contributed by atoms with Gasteiger partial charge in [-0.1, -0.05) is 30.3 Å². The number of hydrogen-bond donors (Lipinski definition) is 1. The van der Waals surface area contributed by atoms with Crippen molar-refractivity contribution >= 4 is 11.4 Å². The predicted molar refractivity (Wildman–Crippen MR) is 80.1 cm³/mol. The Kier molecular flexibility index (Phi) is 3.12. The highest BCUT2D eigenvalue weighted by Gasteiger charge is 2.19. The second-order valence-corrected chi connectivity index (χ2v) is 4.49. The Balaban J connectivity index is 2.13. The average molecular weight is 280 g/mol. The van der Waals surface area contributed by atoms with Gasteiger partial charge in [0.25, 0.3) is 5.69 Å². The van der Waals surface area contributed by atoms with E-state index in [1.54, 1.807) is 29.1 Å². The van der Waals surface area contributed by atoms with Crippen molar-refractivity contribution in [1.29, 1.82) is 0 Å². The van der Waals surface area contributed by atoms with Gasteiger partial charge in [-0.2, -0.15) is 5.10 Å². The van der Waals surface area contributed by atoms with E-state index in [4.69, 9.17) is 5.73 Å². The molecule has 3 aromatic rings. The number of aromatic nitrogens is 2. The standard InChI is InChI=1S/C15H12N4O2/c16-13-10-18(11-6-2-1-3-7-11)17-15(13)12-8-4-5-9-14(12)19(20)21/h1-10H,16H2. The van der Waals surface area contributed by atoms with Crippen molar-refractivity contribution in [3.05, 3.63) is 70.9 Å². The number of hydrogen-bond acceptors (Lipinski definition) is 4. The van der Waals surface area contributed by atoms with Crippen LogP contribution in [0.1, 0.15) is 0 Å². The Bertz CT molecular complexity index is 796. The molecule has 6 nitrogen and oxygen atoms in total. The van der Waals surface area contributed by atoms with Crippen molar-refractivity contribution < 1.29 is 4.92 Å². The second-order valence-electron chi connectivity index (χ2n) is 4.49. The van der Waals surface area contributed by atoms with Gasteiger partial charge in [0.15, 0.2) is 0 Å². The molecule has 2 N–H and O–H groups in total. The second kappa shape index (κ2) is 5.09. The molecule has 1 aromatic heterocycles. The normalized spacial score (nSPS) is 10.5. The third kappa shape index (κ3) is 2.34. The molecule has 0 aliphatic rings. The fourth-order valence-electron chi connectivity index (χ4n) is 2.14. The van der Waals surface area contributed by atoms with Crippen LogP contribution < -0.4 is 5.73 Å². The molecule has 0 radical (unpaired) electrons. The molecular weight excluding hydrogens is 268 g/mol. The summed E-state index contributed by atoms with van der Waals surface area (Å²) in [5.74, 6) is 0. The molecule has 104 valence electrons. The lowest BCUT2D eigenvalue weighted by atomic mass is 10.1. The summed E-state index contributed by atoms with van der Waals surface area (Å²) in [6.45, 7) is 0. The van der Waals surface area contributed by atoms with E-state index in [0.717, 1.165) is 5.69 Å². The van der Waals surface area contributed by atoms with Crippen LogP contribution in [0.4, 0.5) is 11.4 Å². The Morgan fingerprint density at radius 2 is 1.71 bits per heavy atom. The largest absolute Gasteiger partial charge is 0.396 e. The molecule has 6 heteroatoms. The molecule has 0 saturated carbocycles. The summed E-state index contributed by atoms with van der Waals surface area (Å²) in [4.78, 5) is 10.7. The zero-order chi connectivity index (χ0) is 14.8. The van der Waals surface area contributed by atoms with Gasteiger partial charge in [-0.25, -0.2) is 4.68 Å². The first-order valence-electron chi connectivity index (χ1n) is 6.31. The Morgan fingerprint density at radius 3 is 2.43 bits per heavy atom. The van der Waals surface area contributed by atoms with Crippen molar-refractivity contribution in [3.63, 3.8) is 0 Å². The first kappa shape index (κ1) is 12.9. The van der Waals surface area contributed by atoms with E-state index < -0.39 is 4.92 Å². The lowest BCUT2D eigenvalue weighted by Crippen LogP contribution is -1.96. The molecule has 21 heavy (non-hydrogen) atoms. The zero-order valence-electron chi connectivity index (χ0n) is 11.0. The van der Waals surface area contributed by atoms with E-state index in [9.17, 15) is 10.1 Å². The van der Waals surface area contributed by atoms with Crippen molar-refractivity contribution in [2.45, 2.75) is 0 Å². The number of nitro benzene ring substituents is 1. The van der Waals surface area contributed by atoms with E-state index in [-0.39, 0.29) is 5.69 Å². The highest BCUT2D eigenvalue weighted by Crippen LogP contribution is 2.32. The van der Waals surface area contributed by atoms with Gasteiger partial charge in [0, 0.05) is 6.07 Å². The van der Waals surface area contributed by atoms with Crippen LogP contribution in [0, 0.1) is 10.1 Å². The molecule has 1 heterocycles. The van der Waals surface area contributed by atoms with Crippen LogP contribution in [-0.2, 0) is 0 Å². The maximum Gasteiger partial charge on any atom is 0.278 e. The first-order chi connectivity index (χ1) is 10.2. The molecule has 0 spiro atoms. The topological polar surface area (TPSA) is 87.0 Å².